The van der Waals surface area contributed by atoms with E-state index in [1.165, 1.54) is 4.57 Å². The average molecular weight is 318 g/mol. The van der Waals surface area contributed by atoms with Crippen molar-refractivity contribution in [2.75, 3.05) is 0 Å². The summed E-state index contributed by atoms with van der Waals surface area (Å²) in [5, 5.41) is 20.8. The minimum Gasteiger partial charge on any atom is -0.493 e. The van der Waals surface area contributed by atoms with Crippen LogP contribution in [0.15, 0.2) is 35.0 Å². The highest BCUT2D eigenvalue weighted by Crippen LogP contribution is 2.28. The first-order valence-corrected chi connectivity index (χ1v) is 7.28. The standard InChI is InChI=1S/C14H10N2O3S2/c17-12(18)7-16-13(19)11(21-14(16)20)6-9-5-8-3-1-2-4-10(8)15-9/h1-6,19H,7H2,(H,17,18)/b9-6-. The van der Waals surface area contributed by atoms with E-state index >= 15 is 0 Å². The normalized spacial score (nSPS) is 14.6. The summed E-state index contributed by atoms with van der Waals surface area (Å²) in [6.07, 6.45) is 3.60. The Hall–Kier alpha value is -2.25. The lowest BCUT2D eigenvalue weighted by Crippen LogP contribution is -2.19. The van der Waals surface area contributed by atoms with Crippen molar-refractivity contribution >= 4 is 41.7 Å². The summed E-state index contributed by atoms with van der Waals surface area (Å²) in [5.74, 6) is -1.19. The third-order valence-electron chi connectivity index (χ3n) is 2.96. The topological polar surface area (TPSA) is 74.8 Å². The molecule has 0 radical (unpaired) electrons. The molecule has 106 valence electrons. The molecule has 0 bridgehead atoms. The second-order valence-corrected chi connectivity index (χ2v) is 6.10. The molecule has 5 nitrogen and oxygen atoms in total. The lowest BCUT2D eigenvalue weighted by atomic mass is 10.3. The molecule has 7 heteroatoms. The number of hydrogen-bond acceptors (Lipinski definition) is 5. The van der Waals surface area contributed by atoms with Gasteiger partial charge in [0.25, 0.3) is 0 Å². The Morgan fingerprint density at radius 1 is 1.43 bits per heavy atom. The van der Waals surface area contributed by atoms with Gasteiger partial charge < -0.3 is 10.2 Å². The molecule has 2 N–H and O–H groups in total. The number of benzene rings is 1. The van der Waals surface area contributed by atoms with Gasteiger partial charge in [-0.25, -0.2) is 4.99 Å². The highest BCUT2D eigenvalue weighted by atomic mass is 32.1. The highest BCUT2D eigenvalue weighted by molar-refractivity contribution is 7.73. The van der Waals surface area contributed by atoms with Gasteiger partial charge in [-0.3, -0.25) is 9.36 Å². The molecular formula is C14H10N2O3S2. The van der Waals surface area contributed by atoms with Gasteiger partial charge in [-0.05, 0) is 30.4 Å². The van der Waals surface area contributed by atoms with Crippen LogP contribution in [0.2, 0.25) is 0 Å². The van der Waals surface area contributed by atoms with Crippen molar-refractivity contribution < 1.29 is 15.0 Å². The number of aliphatic carboxylic acids is 1. The van der Waals surface area contributed by atoms with Crippen LogP contribution < -0.4 is 10.6 Å². The smallest absolute Gasteiger partial charge is 0.323 e. The fourth-order valence-corrected chi connectivity index (χ4v) is 3.28. The summed E-state index contributed by atoms with van der Waals surface area (Å²) in [6.45, 7) is -0.356. The molecule has 1 aromatic heterocycles. The van der Waals surface area contributed by atoms with Gasteiger partial charge in [0.2, 0.25) is 5.88 Å². The van der Waals surface area contributed by atoms with Gasteiger partial charge in [-0.15, -0.1) is 11.3 Å². The van der Waals surface area contributed by atoms with E-state index in [4.69, 9.17) is 17.3 Å². The van der Waals surface area contributed by atoms with Gasteiger partial charge in [-0.2, -0.15) is 0 Å². The first kappa shape index (κ1) is 13.7. The van der Waals surface area contributed by atoms with Crippen LogP contribution in [0.25, 0.3) is 12.2 Å². The van der Waals surface area contributed by atoms with Crippen LogP contribution in [0, 0.1) is 3.95 Å². The third-order valence-corrected chi connectivity index (χ3v) is 4.34. The zero-order chi connectivity index (χ0) is 15.0. The highest BCUT2D eigenvalue weighted by Gasteiger charge is 2.13. The molecule has 0 fully saturated rings. The first-order chi connectivity index (χ1) is 10.0. The minimum atomic E-state index is -1.05. The fraction of sp³-hybridized carbons (Fsp3) is 0.0714. The predicted molar refractivity (Wildman–Crippen MR) is 82.1 cm³/mol. The van der Waals surface area contributed by atoms with Gasteiger partial charge in [0.1, 0.15) is 6.54 Å². The molecular weight excluding hydrogens is 308 g/mol. The van der Waals surface area contributed by atoms with E-state index in [-0.39, 0.29) is 12.4 Å². The molecule has 3 rings (SSSR count). The Morgan fingerprint density at radius 3 is 2.90 bits per heavy atom. The van der Waals surface area contributed by atoms with Gasteiger partial charge in [-0.1, -0.05) is 18.2 Å². The van der Waals surface area contributed by atoms with Crippen molar-refractivity contribution in [3.8, 4) is 5.88 Å². The second-order valence-electron chi connectivity index (χ2n) is 4.42. The van der Waals surface area contributed by atoms with E-state index in [0.717, 1.165) is 21.9 Å². The molecule has 0 atom stereocenters. The van der Waals surface area contributed by atoms with Crippen LogP contribution in [0.3, 0.4) is 0 Å². The number of hydrogen-bond donors (Lipinski definition) is 2. The number of aromatic nitrogens is 1. The maximum absolute atomic E-state index is 10.8. The molecule has 0 unspecified atom stereocenters. The third kappa shape index (κ3) is 2.65. The van der Waals surface area contributed by atoms with Crippen LogP contribution in [-0.2, 0) is 11.3 Å². The van der Waals surface area contributed by atoms with Crippen LogP contribution in [0.4, 0.5) is 0 Å². The molecule has 1 aliphatic rings. The Kier molecular flexibility index (Phi) is 3.44. The molecule has 0 amide bonds. The maximum Gasteiger partial charge on any atom is 0.323 e. The summed E-state index contributed by atoms with van der Waals surface area (Å²) < 4.78 is 1.51. The van der Waals surface area contributed by atoms with E-state index in [0.29, 0.717) is 14.5 Å². The molecule has 0 aliphatic carbocycles. The van der Waals surface area contributed by atoms with Crippen LogP contribution in [0.5, 0.6) is 5.88 Å². The van der Waals surface area contributed by atoms with Crippen LogP contribution >= 0.6 is 23.6 Å². The SMILES string of the molecule is O=C(O)Cn1c(O)c(/C=C2/C=c3ccccc3=N2)sc1=S. The van der Waals surface area contributed by atoms with E-state index in [1.807, 2.05) is 30.3 Å². The van der Waals surface area contributed by atoms with Crippen molar-refractivity contribution in [3.63, 3.8) is 0 Å². The molecule has 1 aliphatic heterocycles. The van der Waals surface area contributed by atoms with Gasteiger partial charge in [0.05, 0.1) is 15.9 Å². The van der Waals surface area contributed by atoms with Crippen molar-refractivity contribution in [3.05, 3.63) is 49.4 Å². The van der Waals surface area contributed by atoms with Crippen molar-refractivity contribution in [1.82, 2.24) is 4.57 Å². The van der Waals surface area contributed by atoms with E-state index in [2.05, 4.69) is 4.99 Å². The first-order valence-electron chi connectivity index (χ1n) is 6.06. The monoisotopic (exact) mass is 318 g/mol. The number of allylic oxidation sites excluding steroid dienone is 1. The Labute approximate surface area is 128 Å². The number of nitrogens with zero attached hydrogens (tertiary/aromatic N) is 2. The van der Waals surface area contributed by atoms with Gasteiger partial charge >= 0.3 is 5.97 Å². The summed E-state index contributed by atoms with van der Waals surface area (Å²) in [4.78, 5) is 15.7. The second kappa shape index (κ2) is 5.27. The zero-order valence-corrected chi connectivity index (χ0v) is 12.3. The number of carboxylic acid groups (broad SMARTS) is 1. The number of para-hydroxylation sites is 1. The number of fused-ring (bicyclic) bond motifs is 1. The summed E-state index contributed by atoms with van der Waals surface area (Å²) in [5.41, 5.74) is 0.699. The van der Waals surface area contributed by atoms with Crippen molar-refractivity contribution in [2.45, 2.75) is 6.54 Å². The Morgan fingerprint density at radius 2 is 2.19 bits per heavy atom. The molecule has 21 heavy (non-hydrogen) atoms. The number of aromatic hydroxyl groups is 1. The lowest BCUT2D eigenvalue weighted by molar-refractivity contribution is -0.137. The molecule has 0 saturated heterocycles. The number of thiazole rings is 1. The van der Waals surface area contributed by atoms with Crippen molar-refractivity contribution in [1.29, 1.82) is 0 Å². The summed E-state index contributed by atoms with van der Waals surface area (Å²) >= 11 is 6.23. The molecule has 0 spiro atoms. The number of carbonyl (C=O) groups is 1. The molecule has 2 heterocycles. The number of carboxylic acids is 1. The predicted octanol–water partition coefficient (Wildman–Crippen LogP) is 1.52. The quantitative estimate of drug-likeness (QED) is 0.842. The minimum absolute atomic E-state index is 0.139. The Bertz CT molecular complexity index is 901. The summed E-state index contributed by atoms with van der Waals surface area (Å²) in [6, 6.07) is 7.70. The molecule has 0 saturated carbocycles. The lowest BCUT2D eigenvalue weighted by Gasteiger charge is -1.99. The Balaban J connectivity index is 2.04. The van der Waals surface area contributed by atoms with E-state index in [1.54, 1.807) is 6.08 Å². The van der Waals surface area contributed by atoms with Crippen LogP contribution in [0.1, 0.15) is 4.88 Å². The van der Waals surface area contributed by atoms with E-state index < -0.39 is 5.97 Å². The zero-order valence-electron chi connectivity index (χ0n) is 10.7. The maximum atomic E-state index is 10.8. The summed E-state index contributed by atoms with van der Waals surface area (Å²) in [7, 11) is 0. The van der Waals surface area contributed by atoms with Crippen molar-refractivity contribution in [2.24, 2.45) is 4.99 Å². The number of rotatable bonds is 3. The molecule has 2 aromatic rings. The fourth-order valence-electron chi connectivity index (χ4n) is 2.03. The average Bonchev–Trinajstić information content (AvgIpc) is 2.94. The largest absolute Gasteiger partial charge is 0.493 e. The van der Waals surface area contributed by atoms with Gasteiger partial charge in [0, 0.05) is 5.22 Å². The van der Waals surface area contributed by atoms with Crippen LogP contribution in [-0.4, -0.2) is 20.7 Å². The van der Waals surface area contributed by atoms with E-state index in [9.17, 15) is 9.90 Å². The molecule has 1 aromatic carbocycles. The van der Waals surface area contributed by atoms with Gasteiger partial charge in [0.15, 0.2) is 3.95 Å².